The second kappa shape index (κ2) is 7.61. The monoisotopic (exact) mass is 351 g/mol. The van der Waals surface area contributed by atoms with Gasteiger partial charge in [-0.3, -0.25) is 0 Å². The maximum Gasteiger partial charge on any atom is 0.151 e. The van der Waals surface area contributed by atoms with Crippen LogP contribution in [0.15, 0.2) is 18.2 Å². The zero-order chi connectivity index (χ0) is 17.1. The number of ether oxygens (including phenoxy) is 1. The number of aliphatic hydroxyl groups excluding tert-OH is 2. The predicted octanol–water partition coefficient (Wildman–Crippen LogP) is 1.70. The summed E-state index contributed by atoms with van der Waals surface area (Å²) in [7, 11) is 0. The number of halogens is 1. The van der Waals surface area contributed by atoms with Crippen molar-refractivity contribution in [1.29, 1.82) is 0 Å². The fraction of sp³-hybridized carbons (Fsp3) is 0.529. The van der Waals surface area contributed by atoms with E-state index >= 15 is 0 Å². The molecule has 1 aromatic carbocycles. The predicted molar refractivity (Wildman–Crippen MR) is 90.5 cm³/mol. The molecule has 1 aliphatic heterocycles. The summed E-state index contributed by atoms with van der Waals surface area (Å²) in [6.07, 6.45) is 1.34. The minimum atomic E-state index is -0.475. The van der Waals surface area contributed by atoms with E-state index in [1.165, 1.54) is 0 Å². The molecular weight excluding hydrogens is 330 g/mol. The van der Waals surface area contributed by atoms with Crippen LogP contribution in [0, 0.1) is 12.8 Å². The van der Waals surface area contributed by atoms with Crippen molar-refractivity contribution in [2.45, 2.75) is 32.3 Å². The summed E-state index contributed by atoms with van der Waals surface area (Å²) >= 11 is 6.25. The molecule has 1 saturated heterocycles. The van der Waals surface area contributed by atoms with Gasteiger partial charge < -0.3 is 14.9 Å². The third-order valence-corrected chi connectivity index (χ3v) is 4.76. The van der Waals surface area contributed by atoms with E-state index in [2.05, 4.69) is 10.1 Å². The third-order valence-electron chi connectivity index (χ3n) is 4.35. The number of benzene rings is 1. The molecule has 0 radical (unpaired) electrons. The lowest BCUT2D eigenvalue weighted by Gasteiger charge is -2.14. The Morgan fingerprint density at radius 3 is 2.92 bits per heavy atom. The van der Waals surface area contributed by atoms with Gasteiger partial charge in [-0.1, -0.05) is 17.7 Å². The first kappa shape index (κ1) is 17.4. The van der Waals surface area contributed by atoms with Gasteiger partial charge in [0.15, 0.2) is 5.82 Å². The topological polar surface area (TPSA) is 80.4 Å². The molecule has 0 aliphatic carbocycles. The number of hydrogen-bond donors (Lipinski definition) is 2. The normalized spacial score (nSPS) is 20.7. The van der Waals surface area contributed by atoms with E-state index in [1.807, 2.05) is 25.1 Å². The van der Waals surface area contributed by atoms with Gasteiger partial charge in [-0.25, -0.2) is 9.67 Å². The zero-order valence-corrected chi connectivity index (χ0v) is 14.4. The summed E-state index contributed by atoms with van der Waals surface area (Å²) < 4.78 is 7.14. The summed E-state index contributed by atoms with van der Waals surface area (Å²) in [4.78, 5) is 4.62. The average molecular weight is 352 g/mol. The highest BCUT2D eigenvalue weighted by atomic mass is 35.5. The summed E-state index contributed by atoms with van der Waals surface area (Å²) in [5, 5.41) is 24.3. The molecular formula is C17H22ClN3O3. The van der Waals surface area contributed by atoms with E-state index in [1.54, 1.807) is 4.68 Å². The summed E-state index contributed by atoms with van der Waals surface area (Å²) in [6, 6.07) is 5.69. The van der Waals surface area contributed by atoms with Gasteiger partial charge in [0.05, 0.1) is 25.0 Å². The summed E-state index contributed by atoms with van der Waals surface area (Å²) in [5.41, 5.74) is 1.82. The Bertz CT molecular complexity index is 704. The Kier molecular flexibility index (Phi) is 5.50. The van der Waals surface area contributed by atoms with Crippen LogP contribution in [-0.2, 0) is 17.6 Å². The Balaban J connectivity index is 1.96. The van der Waals surface area contributed by atoms with Crippen molar-refractivity contribution in [3.05, 3.63) is 40.4 Å². The van der Waals surface area contributed by atoms with Gasteiger partial charge in [0.1, 0.15) is 5.82 Å². The fourth-order valence-corrected chi connectivity index (χ4v) is 3.07. The average Bonchev–Trinajstić information content (AvgIpc) is 3.15. The molecule has 2 N–H and O–H groups in total. The van der Waals surface area contributed by atoms with Crippen LogP contribution in [0.1, 0.15) is 23.6 Å². The van der Waals surface area contributed by atoms with Crippen molar-refractivity contribution in [2.75, 3.05) is 19.8 Å². The van der Waals surface area contributed by atoms with Crippen molar-refractivity contribution in [2.24, 2.45) is 5.92 Å². The zero-order valence-electron chi connectivity index (χ0n) is 13.7. The summed E-state index contributed by atoms with van der Waals surface area (Å²) in [5.74, 6) is 1.48. The molecule has 0 spiro atoms. The highest BCUT2D eigenvalue weighted by Crippen LogP contribution is 2.25. The van der Waals surface area contributed by atoms with E-state index in [4.69, 9.17) is 21.4 Å². The molecule has 0 unspecified atom stereocenters. The number of rotatable bonds is 6. The lowest BCUT2D eigenvalue weighted by Crippen LogP contribution is -2.22. The molecule has 24 heavy (non-hydrogen) atoms. The van der Waals surface area contributed by atoms with Crippen LogP contribution < -0.4 is 0 Å². The van der Waals surface area contributed by atoms with E-state index in [0.717, 1.165) is 17.1 Å². The number of hydrogen-bond acceptors (Lipinski definition) is 5. The Morgan fingerprint density at radius 2 is 2.21 bits per heavy atom. The van der Waals surface area contributed by atoms with Crippen molar-refractivity contribution in [3.8, 4) is 5.69 Å². The first-order valence-corrected chi connectivity index (χ1v) is 8.55. The molecule has 1 fully saturated rings. The van der Waals surface area contributed by atoms with E-state index in [-0.39, 0.29) is 12.5 Å². The molecule has 1 aliphatic rings. The summed E-state index contributed by atoms with van der Waals surface area (Å²) in [6.45, 7) is 2.94. The van der Waals surface area contributed by atoms with Crippen molar-refractivity contribution < 1.29 is 14.9 Å². The standard InChI is InChI=1S/C17H22ClN3O3/c1-11-13(18)4-2-5-14(11)21-17(8-12-9-24-10-15(12)23)19-16(20-21)6-3-7-22/h2,4-5,12,15,22-23H,3,6-10H2,1H3/t12-,15-/m1/s1. The van der Waals surface area contributed by atoms with Gasteiger partial charge in [-0.2, -0.15) is 5.10 Å². The van der Waals surface area contributed by atoms with Gasteiger partial charge in [-0.15, -0.1) is 0 Å². The van der Waals surface area contributed by atoms with E-state index < -0.39 is 6.10 Å². The Hall–Kier alpha value is -1.47. The molecule has 2 atom stereocenters. The highest BCUT2D eigenvalue weighted by molar-refractivity contribution is 6.31. The van der Waals surface area contributed by atoms with Gasteiger partial charge in [0, 0.05) is 30.4 Å². The van der Waals surface area contributed by atoms with Crippen molar-refractivity contribution in [3.63, 3.8) is 0 Å². The van der Waals surface area contributed by atoms with Crippen LogP contribution >= 0.6 is 11.6 Å². The smallest absolute Gasteiger partial charge is 0.151 e. The number of nitrogens with zero attached hydrogens (tertiary/aromatic N) is 3. The molecule has 0 saturated carbocycles. The van der Waals surface area contributed by atoms with Gasteiger partial charge in [0.2, 0.25) is 0 Å². The van der Waals surface area contributed by atoms with E-state index in [0.29, 0.717) is 43.3 Å². The van der Waals surface area contributed by atoms with Gasteiger partial charge >= 0.3 is 0 Å². The number of aromatic nitrogens is 3. The van der Waals surface area contributed by atoms with Gasteiger partial charge in [-0.05, 0) is 31.0 Å². The second-order valence-electron chi connectivity index (χ2n) is 6.14. The molecule has 1 aromatic heterocycles. The van der Waals surface area contributed by atoms with E-state index in [9.17, 15) is 5.11 Å². The lowest BCUT2D eigenvalue weighted by atomic mass is 10.0. The quantitative estimate of drug-likeness (QED) is 0.828. The molecule has 130 valence electrons. The lowest BCUT2D eigenvalue weighted by molar-refractivity contribution is 0.118. The Labute approximate surface area is 146 Å². The largest absolute Gasteiger partial charge is 0.396 e. The van der Waals surface area contributed by atoms with Crippen molar-refractivity contribution in [1.82, 2.24) is 14.8 Å². The first-order chi connectivity index (χ1) is 11.6. The molecule has 0 bridgehead atoms. The second-order valence-corrected chi connectivity index (χ2v) is 6.54. The van der Waals surface area contributed by atoms with Crippen LogP contribution in [0.3, 0.4) is 0 Å². The maximum atomic E-state index is 10.0. The number of aryl methyl sites for hydroxylation is 1. The highest BCUT2D eigenvalue weighted by Gasteiger charge is 2.29. The SMILES string of the molecule is Cc1c(Cl)cccc1-n1nc(CCCO)nc1C[C@@H]1COC[C@H]1O. The molecule has 2 aromatic rings. The third kappa shape index (κ3) is 3.62. The van der Waals surface area contributed by atoms with Gasteiger partial charge in [0.25, 0.3) is 0 Å². The Morgan fingerprint density at radius 1 is 1.38 bits per heavy atom. The fourth-order valence-electron chi connectivity index (χ4n) is 2.90. The van der Waals surface area contributed by atoms with Crippen LogP contribution in [0.4, 0.5) is 0 Å². The minimum absolute atomic E-state index is 0.0122. The molecule has 2 heterocycles. The maximum absolute atomic E-state index is 10.0. The van der Waals surface area contributed by atoms with Crippen LogP contribution in [0.2, 0.25) is 5.02 Å². The molecule has 3 rings (SSSR count). The minimum Gasteiger partial charge on any atom is -0.396 e. The molecule has 0 amide bonds. The molecule has 7 heteroatoms. The van der Waals surface area contributed by atoms with Crippen LogP contribution in [0.25, 0.3) is 5.69 Å². The van der Waals surface area contributed by atoms with Crippen molar-refractivity contribution >= 4 is 11.6 Å². The first-order valence-electron chi connectivity index (χ1n) is 8.17. The van der Waals surface area contributed by atoms with Crippen LogP contribution in [-0.4, -0.2) is 50.9 Å². The van der Waals surface area contributed by atoms with Crippen LogP contribution in [0.5, 0.6) is 0 Å². The molecule has 6 nitrogen and oxygen atoms in total. The number of aliphatic hydroxyl groups is 2.